The van der Waals surface area contributed by atoms with E-state index in [1.54, 1.807) is 13.3 Å². The maximum atomic E-state index is 12.7. The Bertz CT molecular complexity index is 1110. The minimum Gasteiger partial charge on any atom is -0.444 e. The highest BCUT2D eigenvalue weighted by atomic mass is 19.1. The average molecular weight is 543 g/mol. The van der Waals surface area contributed by atoms with Crippen LogP contribution in [0.1, 0.15) is 83.5 Å². The summed E-state index contributed by atoms with van der Waals surface area (Å²) in [6, 6.07) is 3.53. The number of halogens is 2. The summed E-state index contributed by atoms with van der Waals surface area (Å²) in [6.45, 7) is 16.0. The van der Waals surface area contributed by atoms with E-state index < -0.39 is 17.2 Å². The van der Waals surface area contributed by atoms with Gasteiger partial charge in [0.15, 0.2) is 0 Å². The maximum Gasteiger partial charge on any atom is 0.410 e. The van der Waals surface area contributed by atoms with E-state index in [9.17, 15) is 13.6 Å². The third-order valence-electron chi connectivity index (χ3n) is 6.86. The number of ether oxygens (including phenoxy) is 1. The lowest BCUT2D eigenvalue weighted by atomic mass is 9.97. The topological polar surface area (TPSA) is 58.6 Å². The van der Waals surface area contributed by atoms with Crippen molar-refractivity contribution in [2.45, 2.75) is 92.2 Å². The normalized spacial score (nSPS) is 18.0. The largest absolute Gasteiger partial charge is 0.444 e. The Morgan fingerprint density at radius 3 is 2.28 bits per heavy atom. The Kier molecular flexibility index (Phi) is 10.4. The second kappa shape index (κ2) is 13.4. The number of rotatable bonds is 6. The molecule has 2 aliphatic rings. The monoisotopic (exact) mass is 542 g/mol. The molecule has 0 spiro atoms. The summed E-state index contributed by atoms with van der Waals surface area (Å²) in [5, 5.41) is 0. The molecule has 1 aliphatic carbocycles. The SMILES string of the molecule is CCC/C=C(\c1c(C)ncnc1N1CCN(C(=O)OC(C)(C)C)C(CC)C1)C1CC1.Cc1cc(F)cc(F)c1. The van der Waals surface area contributed by atoms with Crippen molar-refractivity contribution >= 4 is 17.5 Å². The van der Waals surface area contributed by atoms with Crippen molar-refractivity contribution in [3.8, 4) is 0 Å². The average Bonchev–Trinajstić information content (AvgIpc) is 3.68. The molecule has 1 aromatic heterocycles. The minimum atomic E-state index is -0.521. The second-order valence-corrected chi connectivity index (χ2v) is 11.5. The van der Waals surface area contributed by atoms with E-state index in [2.05, 4.69) is 36.7 Å². The molecular formula is C31H44F2N4O2. The van der Waals surface area contributed by atoms with Crippen molar-refractivity contribution < 1.29 is 18.3 Å². The van der Waals surface area contributed by atoms with Crippen molar-refractivity contribution in [3.05, 3.63) is 59.1 Å². The number of hydrogen-bond acceptors (Lipinski definition) is 5. The third-order valence-corrected chi connectivity index (χ3v) is 6.86. The summed E-state index contributed by atoms with van der Waals surface area (Å²) >= 11 is 0. The number of carbonyl (C=O) groups is 1. The van der Waals surface area contributed by atoms with Gasteiger partial charge in [0.2, 0.25) is 0 Å². The third kappa shape index (κ3) is 8.73. The summed E-state index contributed by atoms with van der Waals surface area (Å²) < 4.78 is 30.0. The molecule has 2 aromatic rings. The molecule has 1 amide bonds. The summed E-state index contributed by atoms with van der Waals surface area (Å²) in [4.78, 5) is 26.2. The zero-order valence-corrected chi connectivity index (χ0v) is 24.6. The van der Waals surface area contributed by atoms with E-state index in [0.717, 1.165) is 49.9 Å². The zero-order chi connectivity index (χ0) is 28.7. The van der Waals surface area contributed by atoms with Crippen LogP contribution in [0.4, 0.5) is 19.4 Å². The molecule has 39 heavy (non-hydrogen) atoms. The van der Waals surface area contributed by atoms with Crippen LogP contribution in [-0.2, 0) is 4.74 Å². The first-order chi connectivity index (χ1) is 18.4. The fraction of sp³-hybridized carbons (Fsp3) is 0.581. The molecule has 1 saturated carbocycles. The first kappa shape index (κ1) is 30.5. The zero-order valence-electron chi connectivity index (χ0n) is 24.6. The number of benzene rings is 1. The number of aromatic nitrogens is 2. The molecule has 8 heteroatoms. The van der Waals surface area contributed by atoms with Crippen molar-refractivity contribution in [2.75, 3.05) is 24.5 Å². The lowest BCUT2D eigenvalue weighted by Crippen LogP contribution is -2.56. The summed E-state index contributed by atoms with van der Waals surface area (Å²) in [6.07, 6.45) is 9.50. The predicted octanol–water partition coefficient (Wildman–Crippen LogP) is 7.49. The van der Waals surface area contributed by atoms with Gasteiger partial charge in [-0.15, -0.1) is 0 Å². The highest BCUT2D eigenvalue weighted by molar-refractivity contribution is 5.79. The van der Waals surface area contributed by atoms with Crippen molar-refractivity contribution in [3.63, 3.8) is 0 Å². The molecule has 0 bridgehead atoms. The molecule has 1 unspecified atom stereocenters. The molecule has 2 fully saturated rings. The van der Waals surface area contributed by atoms with Gasteiger partial charge in [0.25, 0.3) is 0 Å². The van der Waals surface area contributed by atoms with Crippen LogP contribution in [-0.4, -0.2) is 52.2 Å². The van der Waals surface area contributed by atoms with Gasteiger partial charge in [-0.3, -0.25) is 0 Å². The predicted molar refractivity (Wildman–Crippen MR) is 153 cm³/mol. The lowest BCUT2D eigenvalue weighted by molar-refractivity contribution is 0.0136. The van der Waals surface area contributed by atoms with Crippen molar-refractivity contribution in [2.24, 2.45) is 5.92 Å². The van der Waals surface area contributed by atoms with Crippen LogP contribution in [0.15, 0.2) is 30.6 Å². The van der Waals surface area contributed by atoms with Gasteiger partial charge in [-0.1, -0.05) is 26.3 Å². The van der Waals surface area contributed by atoms with Gasteiger partial charge in [0.05, 0.1) is 11.7 Å². The quantitative estimate of drug-likeness (QED) is 0.379. The molecule has 1 atom stereocenters. The lowest BCUT2D eigenvalue weighted by Gasteiger charge is -2.42. The minimum absolute atomic E-state index is 0.112. The molecule has 4 rings (SSSR count). The van der Waals surface area contributed by atoms with Crippen LogP contribution < -0.4 is 4.90 Å². The Hall–Kier alpha value is -3.03. The standard InChI is InChI=1S/C24H38N4O2.C7H6F2/c1-7-9-10-20(18-11-12-18)21-17(3)25-16-26-22(21)27-13-14-28(19(8-2)15-27)23(29)30-24(4,5)6;1-5-2-6(8)4-7(9)3-5/h10,16,18-19H,7-9,11-15H2,1-6H3;2-4H,1H3/b20-10-;. The van der Waals surface area contributed by atoms with Gasteiger partial charge in [0.1, 0.15) is 29.4 Å². The number of hydrogen-bond donors (Lipinski definition) is 0. The highest BCUT2D eigenvalue weighted by Crippen LogP contribution is 2.45. The van der Waals surface area contributed by atoms with Crippen LogP contribution in [0.5, 0.6) is 0 Å². The van der Waals surface area contributed by atoms with Gasteiger partial charge in [-0.2, -0.15) is 0 Å². The molecule has 2 heterocycles. The molecule has 0 N–H and O–H groups in total. The van der Waals surface area contributed by atoms with Crippen molar-refractivity contribution in [1.82, 2.24) is 14.9 Å². The number of anilines is 1. The van der Waals surface area contributed by atoms with Gasteiger partial charge >= 0.3 is 6.09 Å². The fourth-order valence-corrected chi connectivity index (χ4v) is 4.86. The van der Waals surface area contributed by atoms with Gasteiger partial charge in [-0.05, 0) is 89.5 Å². The van der Waals surface area contributed by atoms with Gasteiger partial charge in [-0.25, -0.2) is 23.5 Å². The van der Waals surface area contributed by atoms with Gasteiger partial charge in [0, 0.05) is 31.3 Å². The number of piperazine rings is 1. The van der Waals surface area contributed by atoms with Crippen LogP contribution in [0.25, 0.3) is 5.57 Å². The Balaban J connectivity index is 0.000000395. The van der Waals surface area contributed by atoms with Gasteiger partial charge < -0.3 is 14.5 Å². The van der Waals surface area contributed by atoms with Crippen LogP contribution >= 0.6 is 0 Å². The van der Waals surface area contributed by atoms with Crippen LogP contribution in [0, 0.1) is 31.4 Å². The Morgan fingerprint density at radius 1 is 1.08 bits per heavy atom. The number of amides is 1. The number of unbranched alkanes of at least 4 members (excludes halogenated alkanes) is 1. The molecular weight excluding hydrogens is 498 g/mol. The number of carbonyl (C=O) groups excluding carboxylic acids is 1. The molecule has 6 nitrogen and oxygen atoms in total. The molecule has 1 aromatic carbocycles. The first-order valence-corrected chi connectivity index (χ1v) is 14.1. The first-order valence-electron chi connectivity index (χ1n) is 14.1. The van der Waals surface area contributed by atoms with Crippen molar-refractivity contribution in [1.29, 1.82) is 0 Å². The summed E-state index contributed by atoms with van der Waals surface area (Å²) in [5.41, 5.74) is 3.82. The van der Waals surface area contributed by atoms with E-state index in [1.165, 1.54) is 36.1 Å². The van der Waals surface area contributed by atoms with E-state index in [0.29, 0.717) is 18.0 Å². The summed E-state index contributed by atoms with van der Waals surface area (Å²) in [5.74, 6) is 0.629. The Labute approximate surface area is 232 Å². The maximum absolute atomic E-state index is 12.7. The van der Waals surface area contributed by atoms with E-state index in [4.69, 9.17) is 9.72 Å². The number of allylic oxidation sites excluding steroid dienone is 2. The second-order valence-electron chi connectivity index (χ2n) is 11.5. The Morgan fingerprint density at radius 2 is 1.74 bits per heavy atom. The van der Waals surface area contributed by atoms with E-state index in [-0.39, 0.29) is 12.1 Å². The molecule has 214 valence electrons. The molecule has 1 saturated heterocycles. The summed E-state index contributed by atoms with van der Waals surface area (Å²) in [7, 11) is 0. The van der Waals surface area contributed by atoms with Crippen LogP contribution in [0.2, 0.25) is 0 Å². The number of nitrogens with zero attached hydrogens (tertiary/aromatic N) is 4. The molecule has 1 aliphatic heterocycles. The van der Waals surface area contributed by atoms with E-state index in [1.807, 2.05) is 25.7 Å². The van der Waals surface area contributed by atoms with E-state index >= 15 is 0 Å². The highest BCUT2D eigenvalue weighted by Gasteiger charge is 2.35. The fourth-order valence-electron chi connectivity index (χ4n) is 4.86. The molecule has 0 radical (unpaired) electrons. The smallest absolute Gasteiger partial charge is 0.410 e. The number of aryl methyl sites for hydroxylation is 2. The van der Waals surface area contributed by atoms with Crippen LogP contribution in [0.3, 0.4) is 0 Å².